The first kappa shape index (κ1) is 10.2. The Morgan fingerprint density at radius 1 is 1.53 bits per heavy atom. The van der Waals surface area contributed by atoms with Crippen LogP contribution in [-0.4, -0.2) is 13.7 Å². The van der Waals surface area contributed by atoms with Crippen LogP contribution in [0.2, 0.25) is 0 Å². The molecule has 0 saturated carbocycles. The molecule has 0 amide bonds. The van der Waals surface area contributed by atoms with Gasteiger partial charge in [0.15, 0.2) is 11.4 Å². The van der Waals surface area contributed by atoms with Gasteiger partial charge in [-0.25, -0.2) is 0 Å². The molecule has 1 heterocycles. The highest BCUT2D eigenvalue weighted by Crippen LogP contribution is 2.47. The van der Waals surface area contributed by atoms with Crippen molar-refractivity contribution in [2.24, 2.45) is 0 Å². The van der Waals surface area contributed by atoms with Gasteiger partial charge < -0.3 is 15.8 Å². The largest absolute Gasteiger partial charge is 0.491 e. The van der Waals surface area contributed by atoms with E-state index in [9.17, 15) is 8.78 Å². The molecule has 1 aromatic rings. The molecule has 0 unspecified atom stereocenters. The van der Waals surface area contributed by atoms with E-state index >= 15 is 0 Å². The van der Waals surface area contributed by atoms with E-state index < -0.39 is 5.92 Å². The van der Waals surface area contributed by atoms with E-state index in [1.807, 2.05) is 0 Å². The Balaban J connectivity index is 2.71. The number of hydrogen-bond donors (Lipinski definition) is 2. The number of nitrogens with one attached hydrogen (secondary N) is 1. The lowest BCUT2D eigenvalue weighted by Crippen LogP contribution is -2.43. The van der Waals surface area contributed by atoms with E-state index in [1.54, 1.807) is 13.0 Å². The van der Waals surface area contributed by atoms with Crippen LogP contribution in [0.1, 0.15) is 11.1 Å². The zero-order valence-corrected chi connectivity index (χ0v) is 8.66. The number of alkyl halides is 2. The van der Waals surface area contributed by atoms with E-state index in [1.165, 1.54) is 7.11 Å². The molecule has 4 N–H and O–H groups in total. The first-order valence-corrected chi connectivity index (χ1v) is 4.63. The molecule has 1 aromatic carbocycles. The molecule has 1 aliphatic rings. The summed E-state index contributed by atoms with van der Waals surface area (Å²) in [5, 5.41) is 2.71. The Morgan fingerprint density at radius 2 is 2.20 bits per heavy atom. The van der Waals surface area contributed by atoms with Crippen LogP contribution in [0.3, 0.4) is 0 Å². The minimum Gasteiger partial charge on any atom is -0.491 e. The second-order valence-electron chi connectivity index (χ2n) is 3.68. The first-order valence-electron chi connectivity index (χ1n) is 4.63. The molecule has 0 saturated heterocycles. The zero-order chi connectivity index (χ0) is 11.2. The Labute approximate surface area is 86.2 Å². The van der Waals surface area contributed by atoms with Crippen molar-refractivity contribution in [2.75, 3.05) is 19.0 Å². The van der Waals surface area contributed by atoms with Gasteiger partial charge in [0.1, 0.15) is 5.56 Å². The van der Waals surface area contributed by atoms with Gasteiger partial charge in [0.2, 0.25) is 0 Å². The number of ether oxygens (including phenoxy) is 1. The summed E-state index contributed by atoms with van der Waals surface area (Å²) in [4.78, 5) is 0. The molecule has 0 spiro atoms. The fraction of sp³-hybridized carbons (Fsp3) is 0.400. The van der Waals surface area contributed by atoms with Crippen LogP contribution in [0.15, 0.2) is 6.07 Å². The molecule has 0 atom stereocenters. The maximum Gasteiger partial charge on any atom is 0.297 e. The van der Waals surface area contributed by atoms with Crippen molar-refractivity contribution in [3.8, 4) is 5.75 Å². The topological polar surface area (TPSA) is 48.9 Å². The van der Waals surface area contributed by atoms with Gasteiger partial charge >= 0.3 is 0 Å². The summed E-state index contributed by atoms with van der Waals surface area (Å²) in [5.41, 5.74) is 5.15. The fourth-order valence-electron chi connectivity index (χ4n) is 1.93. The summed E-state index contributed by atoms with van der Waals surface area (Å²) >= 11 is 0. The van der Waals surface area contributed by atoms with E-state index in [2.05, 4.69) is 11.1 Å². The highest BCUT2D eigenvalue weighted by atomic mass is 19.3. The maximum absolute atomic E-state index is 13.5. The fourth-order valence-corrected chi connectivity index (χ4v) is 1.93. The van der Waals surface area contributed by atoms with Gasteiger partial charge in [-0.2, -0.15) is 8.78 Å². The summed E-state index contributed by atoms with van der Waals surface area (Å²) in [7, 11) is 1.45. The molecule has 5 heteroatoms. The highest BCUT2D eigenvalue weighted by Gasteiger charge is 2.44. The van der Waals surface area contributed by atoms with Gasteiger partial charge in [-0.15, -0.1) is 0 Å². The summed E-state index contributed by atoms with van der Waals surface area (Å²) in [5.74, 6) is -2.44. The van der Waals surface area contributed by atoms with Crippen LogP contribution >= 0.6 is 0 Å². The van der Waals surface area contributed by atoms with Crippen molar-refractivity contribution < 1.29 is 19.3 Å². The third-order valence-corrected chi connectivity index (χ3v) is 2.66. The minimum absolute atomic E-state index is 0.0284. The molecule has 0 aliphatic carbocycles. The molecule has 82 valence electrons. The van der Waals surface area contributed by atoms with E-state index in [0.29, 0.717) is 11.4 Å². The molecular formula is C10H13F2N2O+. The molecule has 2 rings (SSSR count). The normalized spacial score (nSPS) is 17.1. The molecule has 0 fully saturated rings. The average Bonchev–Trinajstić information content (AvgIpc) is 2.48. The van der Waals surface area contributed by atoms with Crippen molar-refractivity contribution in [3.63, 3.8) is 0 Å². The van der Waals surface area contributed by atoms with Gasteiger partial charge in [-0.05, 0) is 18.6 Å². The Morgan fingerprint density at radius 3 is 2.80 bits per heavy atom. The minimum atomic E-state index is -2.86. The van der Waals surface area contributed by atoms with E-state index in [-0.39, 0.29) is 17.8 Å². The van der Waals surface area contributed by atoms with Crippen LogP contribution in [-0.2, 0) is 5.92 Å². The summed E-state index contributed by atoms with van der Waals surface area (Å²) in [6, 6.07) is 1.72. The van der Waals surface area contributed by atoms with Crippen molar-refractivity contribution in [1.82, 2.24) is 0 Å². The molecule has 15 heavy (non-hydrogen) atoms. The Hall–Kier alpha value is -1.36. The van der Waals surface area contributed by atoms with Crippen LogP contribution < -0.4 is 15.8 Å². The van der Waals surface area contributed by atoms with E-state index in [4.69, 9.17) is 4.74 Å². The lowest BCUT2D eigenvalue weighted by atomic mass is 10.0. The lowest BCUT2D eigenvalue weighted by molar-refractivity contribution is -0.259. The summed E-state index contributed by atoms with van der Waals surface area (Å²) in [6.07, 6.45) is 0. The second kappa shape index (κ2) is 3.06. The number of benzene rings is 1. The smallest absolute Gasteiger partial charge is 0.297 e. The van der Waals surface area contributed by atoms with Gasteiger partial charge in [0.25, 0.3) is 5.92 Å². The number of methoxy groups -OCH3 is 1. The number of anilines is 1. The van der Waals surface area contributed by atoms with Crippen molar-refractivity contribution in [2.45, 2.75) is 12.8 Å². The summed E-state index contributed by atoms with van der Waals surface area (Å²) in [6.45, 7) is 1.41. The van der Waals surface area contributed by atoms with Crippen molar-refractivity contribution >= 4 is 11.4 Å². The van der Waals surface area contributed by atoms with Gasteiger partial charge in [0.05, 0.1) is 19.3 Å². The number of fused-ring (bicyclic) bond motifs is 1. The molecule has 0 aromatic heterocycles. The van der Waals surface area contributed by atoms with Crippen molar-refractivity contribution in [1.29, 1.82) is 0 Å². The SMILES string of the molecule is COc1cc(C)c2c(c1[NH3+])C(F)(F)CN2. The van der Waals surface area contributed by atoms with Crippen LogP contribution in [0.4, 0.5) is 20.2 Å². The quantitative estimate of drug-likeness (QED) is 0.743. The van der Waals surface area contributed by atoms with E-state index in [0.717, 1.165) is 5.56 Å². The number of rotatable bonds is 1. The molecular weight excluding hydrogens is 202 g/mol. The molecule has 0 bridgehead atoms. The average molecular weight is 215 g/mol. The standard InChI is InChI=1S/C10H12F2N2O/c1-5-3-6(15-2)8(13)7-9(5)14-4-10(7,11)12/h3,14H,4,13H2,1-2H3/p+1. The van der Waals surface area contributed by atoms with Crippen LogP contribution in [0.25, 0.3) is 0 Å². The zero-order valence-electron chi connectivity index (χ0n) is 8.66. The predicted molar refractivity (Wildman–Crippen MR) is 52.7 cm³/mol. The van der Waals surface area contributed by atoms with Crippen molar-refractivity contribution in [3.05, 3.63) is 17.2 Å². The van der Waals surface area contributed by atoms with Gasteiger partial charge in [-0.1, -0.05) is 0 Å². The number of quaternary nitrogens is 1. The predicted octanol–water partition coefficient (Wildman–Crippen LogP) is 1.39. The number of aryl methyl sites for hydroxylation is 1. The van der Waals surface area contributed by atoms with Gasteiger partial charge in [0, 0.05) is 0 Å². The monoisotopic (exact) mass is 215 g/mol. The van der Waals surface area contributed by atoms with Crippen LogP contribution in [0, 0.1) is 6.92 Å². The third-order valence-electron chi connectivity index (χ3n) is 2.66. The van der Waals surface area contributed by atoms with Gasteiger partial charge in [-0.3, -0.25) is 0 Å². The van der Waals surface area contributed by atoms with Crippen LogP contribution in [0.5, 0.6) is 5.75 Å². The molecule has 1 aliphatic heterocycles. The number of halogens is 2. The highest BCUT2D eigenvalue weighted by molar-refractivity contribution is 5.74. The Bertz CT molecular complexity index is 418. The second-order valence-corrected chi connectivity index (χ2v) is 3.68. The summed E-state index contributed by atoms with van der Waals surface area (Å²) < 4.78 is 32.1. The molecule has 3 nitrogen and oxygen atoms in total. The lowest BCUT2D eigenvalue weighted by Gasteiger charge is -2.12. The number of hydrogen-bond acceptors (Lipinski definition) is 2. The maximum atomic E-state index is 13.5. The first-order chi connectivity index (χ1) is 6.97. The Kier molecular flexibility index (Phi) is 2.08. The third kappa shape index (κ3) is 1.34. The molecule has 0 radical (unpaired) electrons.